The molecule has 0 atom stereocenters. The summed E-state index contributed by atoms with van der Waals surface area (Å²) in [6, 6.07) is 12.0. The van der Waals surface area contributed by atoms with Crippen LogP contribution in [-0.4, -0.2) is 18.1 Å². The number of nitrogens with one attached hydrogen (secondary N) is 1. The van der Waals surface area contributed by atoms with Crippen molar-refractivity contribution in [3.63, 3.8) is 0 Å². The number of aromatic nitrogens is 1. The number of nitrogens with zero attached hydrogens (tertiary/aromatic N) is 1. The molecule has 2 aromatic rings. The molecule has 0 spiro atoms. The van der Waals surface area contributed by atoms with Crippen LogP contribution in [0.1, 0.15) is 17.5 Å². The van der Waals surface area contributed by atoms with Crippen LogP contribution in [0.2, 0.25) is 0 Å². The van der Waals surface area contributed by atoms with Gasteiger partial charge in [0.05, 0.1) is 6.61 Å². The summed E-state index contributed by atoms with van der Waals surface area (Å²) in [6.45, 7) is 4.66. The van der Waals surface area contributed by atoms with E-state index in [1.54, 1.807) is 0 Å². The van der Waals surface area contributed by atoms with E-state index in [1.807, 2.05) is 48.8 Å². The number of benzene rings is 1. The van der Waals surface area contributed by atoms with Gasteiger partial charge in [0.1, 0.15) is 5.75 Å². The zero-order valence-corrected chi connectivity index (χ0v) is 11.3. The largest absolute Gasteiger partial charge is 0.494 e. The Morgan fingerprint density at radius 3 is 2.79 bits per heavy atom. The summed E-state index contributed by atoms with van der Waals surface area (Å²) in [6.07, 6.45) is 4.74. The lowest BCUT2D eigenvalue weighted by Gasteiger charge is -2.08. The highest BCUT2D eigenvalue weighted by Gasteiger charge is 1.97. The van der Waals surface area contributed by atoms with Crippen molar-refractivity contribution in [2.75, 3.05) is 13.2 Å². The number of aryl methyl sites for hydroxylation is 1. The molecule has 0 fully saturated rings. The smallest absolute Gasteiger partial charge is 0.119 e. The number of para-hydroxylation sites is 1. The van der Waals surface area contributed by atoms with Gasteiger partial charge in [0.25, 0.3) is 0 Å². The molecule has 0 amide bonds. The van der Waals surface area contributed by atoms with Gasteiger partial charge in [-0.2, -0.15) is 0 Å². The van der Waals surface area contributed by atoms with Gasteiger partial charge in [0, 0.05) is 18.9 Å². The van der Waals surface area contributed by atoms with Crippen LogP contribution in [0.25, 0.3) is 0 Å². The van der Waals surface area contributed by atoms with E-state index in [0.29, 0.717) is 0 Å². The predicted molar refractivity (Wildman–Crippen MR) is 77.2 cm³/mol. The maximum atomic E-state index is 5.63. The van der Waals surface area contributed by atoms with Crippen LogP contribution in [0.15, 0.2) is 48.8 Å². The second-order valence-corrected chi connectivity index (χ2v) is 4.49. The van der Waals surface area contributed by atoms with E-state index >= 15 is 0 Å². The first kappa shape index (κ1) is 13.6. The van der Waals surface area contributed by atoms with E-state index in [1.165, 1.54) is 11.1 Å². The molecule has 0 radical (unpaired) electrons. The highest BCUT2D eigenvalue weighted by molar-refractivity contribution is 5.21. The zero-order chi connectivity index (χ0) is 13.3. The second kappa shape index (κ2) is 7.54. The van der Waals surface area contributed by atoms with Crippen LogP contribution >= 0.6 is 0 Å². The molecule has 1 N–H and O–H groups in total. The summed E-state index contributed by atoms with van der Waals surface area (Å²) in [5, 5.41) is 3.41. The lowest BCUT2D eigenvalue weighted by Crippen LogP contribution is -2.17. The molecule has 100 valence electrons. The minimum Gasteiger partial charge on any atom is -0.494 e. The van der Waals surface area contributed by atoms with Crippen molar-refractivity contribution >= 4 is 0 Å². The molecule has 0 aliphatic carbocycles. The summed E-state index contributed by atoms with van der Waals surface area (Å²) < 4.78 is 5.63. The molecule has 0 saturated carbocycles. The molecule has 2 rings (SSSR count). The fourth-order valence-corrected chi connectivity index (χ4v) is 1.81. The molecule has 0 aliphatic rings. The molecular formula is C16H20N2O. The summed E-state index contributed by atoms with van der Waals surface area (Å²) in [5.41, 5.74) is 2.54. The van der Waals surface area contributed by atoms with Gasteiger partial charge in [-0.05, 0) is 49.2 Å². The fourth-order valence-electron chi connectivity index (χ4n) is 1.81. The summed E-state index contributed by atoms with van der Waals surface area (Å²) in [4.78, 5) is 4.14. The fraction of sp³-hybridized carbons (Fsp3) is 0.312. The Morgan fingerprint density at radius 1 is 1.16 bits per heavy atom. The monoisotopic (exact) mass is 256 g/mol. The third kappa shape index (κ3) is 4.72. The third-order valence-electron chi connectivity index (χ3n) is 2.97. The van der Waals surface area contributed by atoms with E-state index in [-0.39, 0.29) is 0 Å². The van der Waals surface area contributed by atoms with Gasteiger partial charge in [-0.25, -0.2) is 0 Å². The summed E-state index contributed by atoms with van der Waals surface area (Å²) in [5.74, 6) is 0.936. The van der Waals surface area contributed by atoms with Crippen molar-refractivity contribution in [1.82, 2.24) is 10.3 Å². The van der Waals surface area contributed by atoms with Crippen molar-refractivity contribution in [2.24, 2.45) is 0 Å². The second-order valence-electron chi connectivity index (χ2n) is 4.49. The number of hydrogen-bond donors (Lipinski definition) is 1. The third-order valence-corrected chi connectivity index (χ3v) is 2.97. The minimum atomic E-state index is 0.739. The van der Waals surface area contributed by atoms with E-state index in [9.17, 15) is 0 Å². The van der Waals surface area contributed by atoms with E-state index < -0.39 is 0 Å². The lowest BCUT2D eigenvalue weighted by atomic mass is 10.1. The molecular weight excluding hydrogens is 236 g/mol. The van der Waals surface area contributed by atoms with Crippen molar-refractivity contribution in [3.05, 3.63) is 59.9 Å². The first-order chi connectivity index (χ1) is 9.36. The van der Waals surface area contributed by atoms with Gasteiger partial charge in [-0.3, -0.25) is 4.98 Å². The molecule has 0 bridgehead atoms. The van der Waals surface area contributed by atoms with Crippen LogP contribution in [0.5, 0.6) is 5.75 Å². The Morgan fingerprint density at radius 2 is 2.00 bits per heavy atom. The van der Waals surface area contributed by atoms with Gasteiger partial charge in [0.2, 0.25) is 0 Å². The molecule has 1 aromatic heterocycles. The summed E-state index contributed by atoms with van der Waals surface area (Å²) >= 11 is 0. The molecule has 1 aromatic carbocycles. The number of rotatable bonds is 7. The highest BCUT2D eigenvalue weighted by Crippen LogP contribution is 2.08. The first-order valence-corrected chi connectivity index (χ1v) is 6.64. The van der Waals surface area contributed by atoms with Crippen molar-refractivity contribution in [2.45, 2.75) is 19.9 Å². The Labute approximate surface area is 114 Å². The SMILES string of the molecule is Cc1ccncc1CNCCCOc1ccccc1. The molecule has 3 nitrogen and oxygen atoms in total. The Bertz CT molecular complexity index is 485. The Kier molecular flexibility index (Phi) is 5.38. The van der Waals surface area contributed by atoms with Crippen LogP contribution in [0.4, 0.5) is 0 Å². The lowest BCUT2D eigenvalue weighted by molar-refractivity contribution is 0.308. The zero-order valence-electron chi connectivity index (χ0n) is 11.3. The molecule has 19 heavy (non-hydrogen) atoms. The normalized spacial score (nSPS) is 10.4. The van der Waals surface area contributed by atoms with Gasteiger partial charge in [0.15, 0.2) is 0 Å². The van der Waals surface area contributed by atoms with Crippen LogP contribution in [0.3, 0.4) is 0 Å². The average molecular weight is 256 g/mol. The van der Waals surface area contributed by atoms with Crippen LogP contribution < -0.4 is 10.1 Å². The van der Waals surface area contributed by atoms with E-state index in [2.05, 4.69) is 17.2 Å². The molecule has 1 heterocycles. The average Bonchev–Trinajstić information content (AvgIpc) is 2.45. The van der Waals surface area contributed by atoms with Crippen molar-refractivity contribution in [1.29, 1.82) is 0 Å². The maximum absolute atomic E-state index is 5.63. The van der Waals surface area contributed by atoms with Gasteiger partial charge in [-0.15, -0.1) is 0 Å². The quantitative estimate of drug-likeness (QED) is 0.773. The number of ether oxygens (including phenoxy) is 1. The first-order valence-electron chi connectivity index (χ1n) is 6.64. The van der Waals surface area contributed by atoms with Crippen LogP contribution in [-0.2, 0) is 6.54 Å². The Balaban J connectivity index is 1.59. The van der Waals surface area contributed by atoms with Gasteiger partial charge >= 0.3 is 0 Å². The minimum absolute atomic E-state index is 0.739. The number of pyridine rings is 1. The molecule has 0 unspecified atom stereocenters. The molecule has 3 heteroatoms. The maximum Gasteiger partial charge on any atom is 0.119 e. The van der Waals surface area contributed by atoms with E-state index in [4.69, 9.17) is 4.74 Å². The Hall–Kier alpha value is -1.87. The van der Waals surface area contributed by atoms with Gasteiger partial charge < -0.3 is 10.1 Å². The molecule has 0 saturated heterocycles. The summed E-state index contributed by atoms with van der Waals surface area (Å²) in [7, 11) is 0. The standard InChI is InChI=1S/C16H20N2O/c1-14-8-10-18-13-15(14)12-17-9-5-11-19-16-6-3-2-4-7-16/h2-4,6-8,10,13,17H,5,9,11-12H2,1H3. The van der Waals surface area contributed by atoms with E-state index in [0.717, 1.165) is 31.9 Å². The van der Waals surface area contributed by atoms with Crippen LogP contribution in [0, 0.1) is 6.92 Å². The van der Waals surface area contributed by atoms with Crippen molar-refractivity contribution in [3.8, 4) is 5.75 Å². The van der Waals surface area contributed by atoms with Gasteiger partial charge in [-0.1, -0.05) is 18.2 Å². The highest BCUT2D eigenvalue weighted by atomic mass is 16.5. The topological polar surface area (TPSA) is 34.2 Å². The van der Waals surface area contributed by atoms with Crippen molar-refractivity contribution < 1.29 is 4.74 Å². The molecule has 0 aliphatic heterocycles. The predicted octanol–water partition coefficient (Wildman–Crippen LogP) is 2.95. The number of hydrogen-bond acceptors (Lipinski definition) is 3.